The summed E-state index contributed by atoms with van der Waals surface area (Å²) in [6.07, 6.45) is -4.49. The van der Waals surface area contributed by atoms with E-state index in [1.165, 1.54) is 36.0 Å². The molecule has 3 rings (SSSR count). The average Bonchev–Trinajstić information content (AvgIpc) is 3.13. The Morgan fingerprint density at radius 2 is 1.90 bits per heavy atom. The number of carbonyl (C=O) groups is 1. The van der Waals surface area contributed by atoms with Gasteiger partial charge in [0.25, 0.3) is 5.91 Å². The number of hydrogen-bond acceptors (Lipinski definition) is 6. The van der Waals surface area contributed by atoms with E-state index in [0.29, 0.717) is 10.1 Å². The highest BCUT2D eigenvalue weighted by Gasteiger charge is 2.30. The van der Waals surface area contributed by atoms with Crippen molar-refractivity contribution in [2.45, 2.75) is 16.3 Å². The van der Waals surface area contributed by atoms with E-state index in [1.54, 1.807) is 12.1 Å². The summed E-state index contributed by atoms with van der Waals surface area (Å²) < 4.78 is 56.6. The minimum absolute atomic E-state index is 0.0669. The first-order valence-electron chi connectivity index (χ1n) is 8.10. The van der Waals surface area contributed by atoms with Crippen LogP contribution >= 0.6 is 23.1 Å². The molecule has 0 atom stereocenters. The molecule has 1 heterocycles. The summed E-state index contributed by atoms with van der Waals surface area (Å²) in [6, 6.07) is 10.3. The number of amides is 1. The fourth-order valence-electron chi connectivity index (χ4n) is 2.11. The highest BCUT2D eigenvalue weighted by molar-refractivity contribution is 8.00. The molecule has 0 aliphatic carbocycles. The number of anilines is 1. The summed E-state index contributed by atoms with van der Waals surface area (Å²) >= 11 is 2.52. The number of halogens is 4. The molecule has 11 heteroatoms. The molecule has 152 valence electrons. The van der Waals surface area contributed by atoms with E-state index in [1.807, 2.05) is 0 Å². The molecule has 0 unspecified atom stereocenters. The Morgan fingerprint density at radius 3 is 2.62 bits per heavy atom. The van der Waals surface area contributed by atoms with Crippen LogP contribution < -0.4 is 10.1 Å². The number of alkyl halides is 3. The van der Waals surface area contributed by atoms with E-state index < -0.39 is 24.3 Å². The summed E-state index contributed by atoms with van der Waals surface area (Å²) in [7, 11) is 0. The molecule has 0 fully saturated rings. The summed E-state index contributed by atoms with van der Waals surface area (Å²) in [4.78, 5) is 11.9. The maximum Gasteiger partial charge on any atom is 0.416 e. The van der Waals surface area contributed by atoms with Gasteiger partial charge in [-0.15, -0.1) is 10.2 Å². The normalized spacial score (nSPS) is 11.3. The minimum atomic E-state index is -4.49. The Hall–Kier alpha value is -2.66. The Morgan fingerprint density at radius 1 is 1.14 bits per heavy atom. The number of hydrogen-bond donors (Lipinski definition) is 1. The Bertz CT molecular complexity index is 978. The van der Waals surface area contributed by atoms with Gasteiger partial charge in [-0.3, -0.25) is 10.1 Å². The molecule has 0 aliphatic rings. The molecule has 0 bridgehead atoms. The van der Waals surface area contributed by atoms with Crippen molar-refractivity contribution in [1.82, 2.24) is 10.2 Å². The van der Waals surface area contributed by atoms with Gasteiger partial charge in [-0.1, -0.05) is 41.3 Å². The molecule has 0 saturated heterocycles. The van der Waals surface area contributed by atoms with Crippen molar-refractivity contribution in [2.75, 3.05) is 11.9 Å². The number of nitrogens with zero attached hydrogens (tertiary/aromatic N) is 2. The van der Waals surface area contributed by atoms with E-state index >= 15 is 0 Å². The highest BCUT2D eigenvalue weighted by Crippen LogP contribution is 2.31. The summed E-state index contributed by atoms with van der Waals surface area (Å²) in [5.41, 5.74) is 0.0500. The van der Waals surface area contributed by atoms with Crippen LogP contribution in [-0.4, -0.2) is 22.7 Å². The van der Waals surface area contributed by atoms with Gasteiger partial charge in [-0.25, -0.2) is 4.39 Å². The Balaban J connectivity index is 1.48. The first-order valence-corrected chi connectivity index (χ1v) is 9.90. The monoisotopic (exact) mass is 443 g/mol. The average molecular weight is 443 g/mol. The van der Waals surface area contributed by atoms with Crippen LogP contribution in [0.5, 0.6) is 5.75 Å². The van der Waals surface area contributed by atoms with Gasteiger partial charge in [0.05, 0.1) is 5.56 Å². The molecule has 1 N–H and O–H groups in total. The zero-order valence-corrected chi connectivity index (χ0v) is 16.2. The molecular weight excluding hydrogens is 430 g/mol. The van der Waals surface area contributed by atoms with E-state index in [2.05, 4.69) is 15.5 Å². The topological polar surface area (TPSA) is 64.1 Å². The quantitative estimate of drug-likeness (QED) is 0.316. The number of rotatable bonds is 7. The van der Waals surface area contributed by atoms with Crippen molar-refractivity contribution >= 4 is 34.1 Å². The molecule has 0 aliphatic heterocycles. The molecule has 29 heavy (non-hydrogen) atoms. The van der Waals surface area contributed by atoms with E-state index in [0.717, 1.165) is 29.0 Å². The van der Waals surface area contributed by atoms with Crippen LogP contribution in [0, 0.1) is 5.82 Å². The fourth-order valence-corrected chi connectivity index (χ4v) is 3.83. The van der Waals surface area contributed by atoms with Crippen molar-refractivity contribution in [2.24, 2.45) is 0 Å². The summed E-state index contributed by atoms with van der Waals surface area (Å²) in [6.45, 7) is -0.473. The number of carbonyl (C=O) groups excluding carboxylic acids is 1. The number of thioether (sulfide) groups is 1. The van der Waals surface area contributed by atoms with Gasteiger partial charge in [-0.05, 0) is 35.9 Å². The third kappa shape index (κ3) is 6.43. The predicted molar refractivity (Wildman–Crippen MR) is 101 cm³/mol. The van der Waals surface area contributed by atoms with Crippen LogP contribution in [0.15, 0.2) is 52.9 Å². The zero-order chi connectivity index (χ0) is 20.9. The maximum absolute atomic E-state index is 12.9. The first kappa shape index (κ1) is 21.1. The van der Waals surface area contributed by atoms with Gasteiger partial charge in [-0.2, -0.15) is 13.2 Å². The van der Waals surface area contributed by atoms with Crippen LogP contribution in [0.3, 0.4) is 0 Å². The van der Waals surface area contributed by atoms with Gasteiger partial charge in [0.1, 0.15) is 11.6 Å². The Labute approximate surface area is 171 Å². The van der Waals surface area contributed by atoms with Crippen LogP contribution in [0.2, 0.25) is 0 Å². The lowest BCUT2D eigenvalue weighted by Crippen LogP contribution is -2.20. The van der Waals surface area contributed by atoms with E-state index in [4.69, 9.17) is 4.74 Å². The largest absolute Gasteiger partial charge is 0.484 e. The van der Waals surface area contributed by atoms with Crippen molar-refractivity contribution in [1.29, 1.82) is 0 Å². The van der Waals surface area contributed by atoms with Crippen molar-refractivity contribution < 1.29 is 27.1 Å². The molecule has 1 aromatic heterocycles. The molecule has 5 nitrogen and oxygen atoms in total. The SMILES string of the molecule is O=C(COc1cccc(C(F)(F)F)c1)Nc1nnc(SCc2ccc(F)cc2)s1. The third-order valence-electron chi connectivity index (χ3n) is 3.46. The fraction of sp³-hybridized carbons (Fsp3) is 0.167. The molecule has 3 aromatic rings. The minimum Gasteiger partial charge on any atom is -0.484 e. The number of aromatic nitrogens is 2. The third-order valence-corrected chi connectivity index (χ3v) is 5.50. The lowest BCUT2D eigenvalue weighted by Gasteiger charge is -2.09. The lowest BCUT2D eigenvalue weighted by atomic mass is 10.2. The van der Waals surface area contributed by atoms with Gasteiger partial charge in [0.15, 0.2) is 10.9 Å². The lowest BCUT2D eigenvalue weighted by molar-refractivity contribution is -0.137. The van der Waals surface area contributed by atoms with Gasteiger partial charge < -0.3 is 4.74 Å². The standard InChI is InChI=1S/C18H13F4N3O2S2/c19-13-6-4-11(5-7-13)10-28-17-25-24-16(29-17)23-15(26)9-27-14-3-1-2-12(8-14)18(20,21)22/h1-8H,9-10H2,(H,23,24,26). The van der Waals surface area contributed by atoms with Gasteiger partial charge >= 0.3 is 6.18 Å². The molecule has 2 aromatic carbocycles. The maximum atomic E-state index is 12.9. The van der Waals surface area contributed by atoms with Crippen molar-refractivity contribution in [3.63, 3.8) is 0 Å². The molecule has 1 amide bonds. The Kier molecular flexibility index (Phi) is 6.70. The van der Waals surface area contributed by atoms with Crippen LogP contribution in [-0.2, 0) is 16.7 Å². The first-order chi connectivity index (χ1) is 13.8. The predicted octanol–water partition coefficient (Wildman–Crippen LogP) is 5.01. The van der Waals surface area contributed by atoms with E-state index in [9.17, 15) is 22.4 Å². The number of benzene rings is 2. The van der Waals surface area contributed by atoms with E-state index in [-0.39, 0.29) is 16.7 Å². The molecule has 0 spiro atoms. The van der Waals surface area contributed by atoms with Crippen molar-refractivity contribution in [3.05, 3.63) is 65.5 Å². The molecular formula is C18H13F4N3O2S2. The van der Waals surface area contributed by atoms with Crippen LogP contribution in [0.4, 0.5) is 22.7 Å². The summed E-state index contributed by atoms with van der Waals surface area (Å²) in [5, 5.41) is 10.5. The van der Waals surface area contributed by atoms with Gasteiger partial charge in [0, 0.05) is 5.75 Å². The zero-order valence-electron chi connectivity index (χ0n) is 14.6. The molecule has 0 radical (unpaired) electrons. The second kappa shape index (κ2) is 9.23. The van der Waals surface area contributed by atoms with Gasteiger partial charge in [0.2, 0.25) is 5.13 Å². The second-order valence-corrected chi connectivity index (χ2v) is 7.85. The smallest absolute Gasteiger partial charge is 0.416 e. The highest BCUT2D eigenvalue weighted by atomic mass is 32.2. The molecule has 0 saturated carbocycles. The van der Waals surface area contributed by atoms with Crippen molar-refractivity contribution in [3.8, 4) is 5.75 Å². The second-order valence-electron chi connectivity index (χ2n) is 5.65. The van der Waals surface area contributed by atoms with Crippen LogP contribution in [0.1, 0.15) is 11.1 Å². The summed E-state index contributed by atoms with van der Waals surface area (Å²) in [5.74, 6) is -0.398. The number of nitrogens with one attached hydrogen (secondary N) is 1. The number of ether oxygens (including phenoxy) is 1. The van der Waals surface area contributed by atoms with Crippen LogP contribution in [0.25, 0.3) is 0 Å².